The molecule has 0 saturated heterocycles. The van der Waals surface area contributed by atoms with Crippen molar-refractivity contribution in [2.24, 2.45) is 0 Å². The molecule has 3 nitrogen and oxygen atoms in total. The first-order chi connectivity index (χ1) is 23.0. The molecule has 1 aliphatic carbocycles. The van der Waals surface area contributed by atoms with Gasteiger partial charge in [-0.05, 0) is 82.2 Å². The second kappa shape index (κ2) is 9.71. The largest absolute Gasteiger partial charge is 0.453 e. The third-order valence-electron chi connectivity index (χ3n) is 9.90. The van der Waals surface area contributed by atoms with Crippen LogP contribution >= 0.6 is 11.3 Å². The van der Waals surface area contributed by atoms with Crippen molar-refractivity contribution in [3.05, 3.63) is 151 Å². The summed E-state index contributed by atoms with van der Waals surface area (Å²) < 4.78 is 15.7. The lowest BCUT2D eigenvalue weighted by Crippen LogP contribution is -2.16. The average Bonchev–Trinajstić information content (AvgIpc) is 3.51. The van der Waals surface area contributed by atoms with E-state index < -0.39 is 0 Å². The molecule has 0 saturated carbocycles. The van der Waals surface area contributed by atoms with Gasteiger partial charge in [0.1, 0.15) is 11.5 Å². The van der Waals surface area contributed by atoms with Crippen LogP contribution in [-0.4, -0.2) is 0 Å². The molecule has 0 bridgehead atoms. The van der Waals surface area contributed by atoms with Crippen molar-refractivity contribution in [3.63, 3.8) is 0 Å². The van der Waals surface area contributed by atoms with Gasteiger partial charge in [-0.15, -0.1) is 11.3 Å². The average molecular weight is 624 g/mol. The number of nitrogens with zero attached hydrogens (tertiary/aromatic N) is 1. The zero-order valence-corrected chi connectivity index (χ0v) is 26.8. The Kier molecular flexibility index (Phi) is 5.50. The van der Waals surface area contributed by atoms with Crippen LogP contribution in [0.25, 0.3) is 42.1 Å². The first-order valence-electron chi connectivity index (χ1n) is 16.0. The molecule has 47 heavy (non-hydrogen) atoms. The normalized spacial score (nSPS) is 13.8. The second-order valence-electron chi connectivity index (χ2n) is 13.0. The maximum Gasteiger partial charge on any atom is 0.172 e. The highest BCUT2D eigenvalue weighted by Crippen LogP contribution is 2.52. The molecule has 10 rings (SSSR count). The predicted octanol–water partition coefficient (Wildman–Crippen LogP) is 12.9. The molecule has 1 aliphatic heterocycles. The molecular weight excluding hydrogens is 595 g/mol. The van der Waals surface area contributed by atoms with E-state index in [9.17, 15) is 0 Å². The number of ether oxygens (including phenoxy) is 2. The van der Waals surface area contributed by atoms with Crippen molar-refractivity contribution >= 4 is 59.3 Å². The summed E-state index contributed by atoms with van der Waals surface area (Å²) in [7, 11) is 0. The van der Waals surface area contributed by atoms with Crippen LogP contribution in [0, 0.1) is 0 Å². The van der Waals surface area contributed by atoms with E-state index in [4.69, 9.17) is 9.47 Å². The molecule has 7 aromatic carbocycles. The standard InChI is InChI=1S/C43H29NO2S/c1-43(2)34-13-5-3-11-30(34)31-20-17-27(23-35(31)43)44(29-18-21-33-32-12-4-6-16-40(32)47-41(33)25-29)28-19-22-36-39(24-28)46-38-15-8-10-26-9-7-14-37(45-36)42(26)38/h3-25H,1-2H3. The SMILES string of the molecule is CC1(C)c2ccccc2-c2ccc(N(c3ccc4c(c3)Oc3cccc5cccc(c35)O4)c3ccc4c(c3)sc3ccccc34)cc21. The van der Waals surface area contributed by atoms with Crippen molar-refractivity contribution in [2.45, 2.75) is 19.3 Å². The molecule has 0 spiro atoms. The fourth-order valence-corrected chi connectivity index (χ4v) is 8.75. The molecule has 224 valence electrons. The zero-order valence-electron chi connectivity index (χ0n) is 26.0. The minimum Gasteiger partial charge on any atom is -0.453 e. The molecule has 2 heterocycles. The van der Waals surface area contributed by atoms with Crippen LogP contribution in [0.2, 0.25) is 0 Å². The van der Waals surface area contributed by atoms with E-state index in [2.05, 4.69) is 128 Å². The van der Waals surface area contributed by atoms with E-state index in [1.54, 1.807) is 0 Å². The van der Waals surface area contributed by atoms with E-state index in [1.807, 2.05) is 41.7 Å². The van der Waals surface area contributed by atoms with E-state index in [0.717, 1.165) is 39.3 Å². The smallest absolute Gasteiger partial charge is 0.172 e. The van der Waals surface area contributed by atoms with E-state index in [0.29, 0.717) is 11.5 Å². The van der Waals surface area contributed by atoms with Gasteiger partial charge in [-0.25, -0.2) is 0 Å². The van der Waals surface area contributed by atoms with Crippen LogP contribution in [0.15, 0.2) is 140 Å². The van der Waals surface area contributed by atoms with E-state index in [-0.39, 0.29) is 5.41 Å². The van der Waals surface area contributed by atoms with Gasteiger partial charge in [0, 0.05) is 43.0 Å². The Balaban J connectivity index is 1.17. The highest BCUT2D eigenvalue weighted by molar-refractivity contribution is 7.25. The van der Waals surface area contributed by atoms with E-state index >= 15 is 0 Å². The van der Waals surface area contributed by atoms with Crippen molar-refractivity contribution in [1.29, 1.82) is 0 Å². The minimum absolute atomic E-state index is 0.113. The fourth-order valence-electron chi connectivity index (χ4n) is 7.61. The van der Waals surface area contributed by atoms with Gasteiger partial charge in [0.05, 0.1) is 11.1 Å². The minimum atomic E-state index is -0.113. The molecule has 0 radical (unpaired) electrons. The molecule has 8 aromatic rings. The van der Waals surface area contributed by atoms with E-state index in [1.165, 1.54) is 42.4 Å². The third-order valence-corrected chi connectivity index (χ3v) is 11.0. The molecule has 0 unspecified atom stereocenters. The Bertz CT molecular complexity index is 2570. The maximum atomic E-state index is 6.65. The number of anilines is 3. The van der Waals surface area contributed by atoms with Crippen LogP contribution < -0.4 is 14.4 Å². The Hall–Kier alpha value is -5.58. The van der Waals surface area contributed by atoms with Crippen molar-refractivity contribution in [1.82, 2.24) is 0 Å². The molecule has 4 heteroatoms. The summed E-state index contributed by atoms with van der Waals surface area (Å²) in [5.74, 6) is 2.98. The van der Waals surface area contributed by atoms with Gasteiger partial charge in [0.2, 0.25) is 0 Å². The summed E-state index contributed by atoms with van der Waals surface area (Å²) in [6.07, 6.45) is 0. The van der Waals surface area contributed by atoms with Crippen molar-refractivity contribution in [3.8, 4) is 34.1 Å². The number of rotatable bonds is 3. The molecule has 0 fully saturated rings. The quantitative estimate of drug-likeness (QED) is 0.195. The van der Waals surface area contributed by atoms with Crippen LogP contribution in [-0.2, 0) is 5.41 Å². The first kappa shape index (κ1) is 26.6. The summed E-state index contributed by atoms with van der Waals surface area (Å²) in [4.78, 5) is 2.35. The van der Waals surface area contributed by atoms with Crippen LogP contribution in [0.5, 0.6) is 23.0 Å². The molecule has 1 aromatic heterocycles. The molecule has 0 atom stereocenters. The Morgan fingerprint density at radius 3 is 2.02 bits per heavy atom. The third kappa shape index (κ3) is 3.92. The maximum absolute atomic E-state index is 6.65. The van der Waals surface area contributed by atoms with Crippen LogP contribution in [0.1, 0.15) is 25.0 Å². The van der Waals surface area contributed by atoms with Gasteiger partial charge < -0.3 is 14.4 Å². The number of benzene rings is 7. The fraction of sp³-hybridized carbons (Fsp3) is 0.0698. The lowest BCUT2D eigenvalue weighted by molar-refractivity contribution is 0.439. The summed E-state index contributed by atoms with van der Waals surface area (Å²) in [5, 5.41) is 4.66. The second-order valence-corrected chi connectivity index (χ2v) is 14.0. The molecular formula is C43H29NO2S. The Morgan fingerprint density at radius 1 is 0.489 bits per heavy atom. The summed E-state index contributed by atoms with van der Waals surface area (Å²) in [6.45, 7) is 4.67. The number of thiophene rings is 1. The summed E-state index contributed by atoms with van der Waals surface area (Å²) in [5.41, 5.74) is 8.41. The zero-order chi connectivity index (χ0) is 31.3. The predicted molar refractivity (Wildman–Crippen MR) is 196 cm³/mol. The lowest BCUT2D eigenvalue weighted by atomic mass is 9.82. The monoisotopic (exact) mass is 623 g/mol. The van der Waals surface area contributed by atoms with Gasteiger partial charge >= 0.3 is 0 Å². The van der Waals surface area contributed by atoms with Gasteiger partial charge in [-0.3, -0.25) is 0 Å². The van der Waals surface area contributed by atoms with Crippen molar-refractivity contribution < 1.29 is 9.47 Å². The molecule has 0 amide bonds. The van der Waals surface area contributed by atoms with Crippen LogP contribution in [0.4, 0.5) is 17.1 Å². The Labute approximate surface area is 276 Å². The lowest BCUT2D eigenvalue weighted by Gasteiger charge is -2.28. The van der Waals surface area contributed by atoms with Gasteiger partial charge in [-0.2, -0.15) is 0 Å². The van der Waals surface area contributed by atoms with Crippen LogP contribution in [0.3, 0.4) is 0 Å². The Morgan fingerprint density at radius 2 is 1.15 bits per heavy atom. The van der Waals surface area contributed by atoms with Gasteiger partial charge in [0.25, 0.3) is 0 Å². The highest BCUT2D eigenvalue weighted by atomic mass is 32.1. The number of hydrogen-bond acceptors (Lipinski definition) is 4. The molecule has 0 N–H and O–H groups in total. The molecule has 2 aliphatic rings. The first-order valence-corrected chi connectivity index (χ1v) is 16.8. The number of hydrogen-bond donors (Lipinski definition) is 0. The summed E-state index contributed by atoms with van der Waals surface area (Å²) >= 11 is 1.84. The van der Waals surface area contributed by atoms with Gasteiger partial charge in [-0.1, -0.05) is 92.7 Å². The van der Waals surface area contributed by atoms with Gasteiger partial charge in [0.15, 0.2) is 11.5 Å². The highest BCUT2D eigenvalue weighted by Gasteiger charge is 2.36. The topological polar surface area (TPSA) is 21.7 Å². The number of fused-ring (bicyclic) bond motifs is 7. The van der Waals surface area contributed by atoms with Crippen molar-refractivity contribution in [2.75, 3.05) is 4.90 Å². The summed E-state index contributed by atoms with van der Waals surface area (Å²) in [6, 6.07) is 49.8.